The highest BCUT2D eigenvalue weighted by Crippen LogP contribution is 2.27. The van der Waals surface area contributed by atoms with Crippen LogP contribution < -0.4 is 9.54 Å². The Labute approximate surface area is 183 Å². The zero-order valence-corrected chi connectivity index (χ0v) is 18.1. The van der Waals surface area contributed by atoms with E-state index < -0.39 is 5.97 Å². The van der Waals surface area contributed by atoms with Gasteiger partial charge in [0.1, 0.15) is 17.8 Å². The fourth-order valence-electron chi connectivity index (χ4n) is 3.59. The molecule has 0 radical (unpaired) electrons. The van der Waals surface area contributed by atoms with Crippen molar-refractivity contribution in [3.05, 3.63) is 71.0 Å². The van der Waals surface area contributed by atoms with Crippen LogP contribution in [-0.4, -0.2) is 30.2 Å². The summed E-state index contributed by atoms with van der Waals surface area (Å²) in [6.45, 7) is 1.99. The van der Waals surface area contributed by atoms with Crippen LogP contribution >= 0.6 is 11.3 Å². The van der Waals surface area contributed by atoms with Gasteiger partial charge in [-0.15, -0.1) is 0 Å². The normalized spacial score (nSPS) is 11.7. The minimum absolute atomic E-state index is 0.0470. The second kappa shape index (κ2) is 9.14. The first-order chi connectivity index (χ1) is 15.1. The molecule has 0 bridgehead atoms. The number of carbonyl (C=O) groups is 2. The van der Waals surface area contributed by atoms with Crippen molar-refractivity contribution in [3.63, 3.8) is 0 Å². The lowest BCUT2D eigenvalue weighted by molar-refractivity contribution is -0.143. The predicted octanol–water partition coefficient (Wildman–Crippen LogP) is 4.10. The van der Waals surface area contributed by atoms with E-state index in [9.17, 15) is 9.59 Å². The van der Waals surface area contributed by atoms with E-state index in [-0.39, 0.29) is 25.5 Å². The van der Waals surface area contributed by atoms with Crippen LogP contribution in [0.15, 0.2) is 65.7 Å². The Bertz CT molecular complexity index is 1330. The van der Waals surface area contributed by atoms with E-state index in [0.29, 0.717) is 10.6 Å². The van der Waals surface area contributed by atoms with Gasteiger partial charge in [-0.1, -0.05) is 59.9 Å². The number of hydrogen-bond donors (Lipinski definition) is 0. The lowest BCUT2D eigenvalue weighted by Crippen LogP contribution is -2.23. The molecule has 6 nitrogen and oxygen atoms in total. The second-order valence-corrected chi connectivity index (χ2v) is 7.91. The van der Waals surface area contributed by atoms with Crippen molar-refractivity contribution in [2.24, 2.45) is 4.99 Å². The van der Waals surface area contributed by atoms with Gasteiger partial charge in [0.25, 0.3) is 5.91 Å². The highest BCUT2D eigenvalue weighted by atomic mass is 32.1. The summed E-state index contributed by atoms with van der Waals surface area (Å²) < 4.78 is 13.2. The quantitative estimate of drug-likeness (QED) is 0.429. The van der Waals surface area contributed by atoms with Crippen LogP contribution in [0.25, 0.3) is 21.0 Å². The summed E-state index contributed by atoms with van der Waals surface area (Å²) in [5, 5.41) is 2.11. The SMILES string of the molecule is CCOC(=O)Cn1c(=NC(=O)Cc2cccc3ccccc23)sc2cccc(OC)c21. The van der Waals surface area contributed by atoms with Gasteiger partial charge in [0.15, 0.2) is 4.80 Å². The summed E-state index contributed by atoms with van der Waals surface area (Å²) in [5.41, 5.74) is 1.64. The Kier molecular flexibility index (Phi) is 6.13. The molecule has 0 aliphatic heterocycles. The lowest BCUT2D eigenvalue weighted by atomic mass is 10.0. The van der Waals surface area contributed by atoms with Crippen LogP contribution in [0.2, 0.25) is 0 Å². The maximum atomic E-state index is 12.9. The molecule has 0 unspecified atom stereocenters. The maximum Gasteiger partial charge on any atom is 0.326 e. The van der Waals surface area contributed by atoms with E-state index >= 15 is 0 Å². The van der Waals surface area contributed by atoms with Gasteiger partial charge < -0.3 is 14.0 Å². The van der Waals surface area contributed by atoms with Gasteiger partial charge in [0, 0.05) is 0 Å². The van der Waals surface area contributed by atoms with Gasteiger partial charge >= 0.3 is 5.97 Å². The molecule has 1 amide bonds. The third kappa shape index (κ3) is 4.36. The first-order valence-electron chi connectivity index (χ1n) is 9.97. The fourth-order valence-corrected chi connectivity index (χ4v) is 4.65. The molecule has 0 aliphatic rings. The minimum Gasteiger partial charge on any atom is -0.495 e. The molecule has 31 heavy (non-hydrogen) atoms. The van der Waals surface area contributed by atoms with Crippen molar-refractivity contribution in [2.45, 2.75) is 19.9 Å². The Morgan fingerprint density at radius 2 is 1.81 bits per heavy atom. The average molecular weight is 435 g/mol. The molecule has 7 heteroatoms. The zero-order chi connectivity index (χ0) is 21.8. The molecule has 1 aromatic heterocycles. The van der Waals surface area contributed by atoms with E-state index in [1.807, 2.05) is 60.7 Å². The number of methoxy groups -OCH3 is 1. The number of benzene rings is 3. The van der Waals surface area contributed by atoms with Crippen LogP contribution in [0.1, 0.15) is 12.5 Å². The molecule has 0 fully saturated rings. The third-order valence-corrected chi connectivity index (χ3v) is 5.96. The highest BCUT2D eigenvalue weighted by Gasteiger charge is 2.16. The number of hydrogen-bond acceptors (Lipinski definition) is 5. The van der Waals surface area contributed by atoms with Gasteiger partial charge in [0.05, 0.1) is 24.8 Å². The van der Waals surface area contributed by atoms with Crippen molar-refractivity contribution < 1.29 is 19.1 Å². The van der Waals surface area contributed by atoms with Crippen LogP contribution in [0.5, 0.6) is 5.75 Å². The number of rotatable bonds is 6. The number of amides is 1. The van der Waals surface area contributed by atoms with Crippen molar-refractivity contribution >= 4 is 44.2 Å². The molecule has 4 rings (SSSR count). The van der Waals surface area contributed by atoms with Gasteiger partial charge in [0.2, 0.25) is 0 Å². The Morgan fingerprint density at radius 1 is 1.03 bits per heavy atom. The Hall–Kier alpha value is -3.45. The minimum atomic E-state index is -0.393. The van der Waals surface area contributed by atoms with Crippen LogP contribution in [-0.2, 0) is 27.3 Å². The standard InChI is InChI=1S/C24H22N2O4S/c1-3-30-22(28)15-26-23-19(29-2)12-7-13-20(23)31-24(26)25-21(27)14-17-10-6-9-16-8-4-5-11-18(16)17/h4-13H,3,14-15H2,1-2H3. The van der Waals surface area contributed by atoms with Gasteiger partial charge in [-0.05, 0) is 35.4 Å². The monoisotopic (exact) mass is 434 g/mol. The summed E-state index contributed by atoms with van der Waals surface area (Å²) in [6.07, 6.45) is 0.173. The van der Waals surface area contributed by atoms with Gasteiger partial charge in [-0.3, -0.25) is 9.59 Å². The molecule has 1 heterocycles. The van der Waals surface area contributed by atoms with Crippen molar-refractivity contribution in [1.29, 1.82) is 0 Å². The molecule has 0 spiro atoms. The molecule has 0 saturated heterocycles. The van der Waals surface area contributed by atoms with Crippen LogP contribution in [0.3, 0.4) is 0 Å². The number of esters is 1. The topological polar surface area (TPSA) is 69.9 Å². The van der Waals surface area contributed by atoms with Crippen molar-refractivity contribution in [1.82, 2.24) is 4.57 Å². The number of thiazole rings is 1. The van der Waals surface area contributed by atoms with E-state index in [2.05, 4.69) is 4.99 Å². The Balaban J connectivity index is 1.77. The van der Waals surface area contributed by atoms with Crippen LogP contribution in [0, 0.1) is 0 Å². The number of fused-ring (bicyclic) bond motifs is 2. The third-order valence-electron chi connectivity index (χ3n) is 4.92. The second-order valence-electron chi connectivity index (χ2n) is 6.90. The summed E-state index contributed by atoms with van der Waals surface area (Å²) >= 11 is 1.34. The lowest BCUT2D eigenvalue weighted by Gasteiger charge is -2.08. The molecular weight excluding hydrogens is 412 g/mol. The van der Waals surface area contributed by atoms with Crippen molar-refractivity contribution in [3.8, 4) is 5.75 Å². The molecule has 0 aliphatic carbocycles. The molecule has 0 saturated carbocycles. The van der Waals surface area contributed by atoms with E-state index in [0.717, 1.165) is 26.6 Å². The summed E-state index contributed by atoms with van der Waals surface area (Å²) in [5.74, 6) is -0.0588. The highest BCUT2D eigenvalue weighted by molar-refractivity contribution is 7.16. The van der Waals surface area contributed by atoms with Gasteiger partial charge in [-0.25, -0.2) is 0 Å². The average Bonchev–Trinajstić information content (AvgIpc) is 3.11. The first kappa shape index (κ1) is 20.8. The fraction of sp³-hybridized carbons (Fsp3) is 0.208. The molecule has 0 N–H and O–H groups in total. The van der Waals surface area contributed by atoms with E-state index in [4.69, 9.17) is 9.47 Å². The summed E-state index contributed by atoms with van der Waals surface area (Å²) in [6, 6.07) is 19.5. The maximum absolute atomic E-state index is 12.9. The summed E-state index contributed by atoms with van der Waals surface area (Å²) in [4.78, 5) is 29.9. The molecule has 4 aromatic rings. The number of carbonyl (C=O) groups excluding carboxylic acids is 2. The molecule has 158 valence electrons. The van der Waals surface area contributed by atoms with Gasteiger partial charge in [-0.2, -0.15) is 4.99 Å². The number of para-hydroxylation sites is 1. The Morgan fingerprint density at radius 3 is 2.61 bits per heavy atom. The van der Waals surface area contributed by atoms with Crippen LogP contribution in [0.4, 0.5) is 0 Å². The number of ether oxygens (including phenoxy) is 2. The number of nitrogens with zero attached hydrogens (tertiary/aromatic N) is 2. The smallest absolute Gasteiger partial charge is 0.326 e. The molecule has 0 atom stereocenters. The molecular formula is C24H22N2O4S. The largest absolute Gasteiger partial charge is 0.495 e. The zero-order valence-electron chi connectivity index (χ0n) is 17.3. The van der Waals surface area contributed by atoms with E-state index in [1.54, 1.807) is 18.6 Å². The number of aromatic nitrogens is 1. The first-order valence-corrected chi connectivity index (χ1v) is 10.8. The molecule has 3 aromatic carbocycles. The van der Waals surface area contributed by atoms with E-state index in [1.165, 1.54) is 11.3 Å². The predicted molar refractivity (Wildman–Crippen MR) is 121 cm³/mol. The summed E-state index contributed by atoms with van der Waals surface area (Å²) in [7, 11) is 1.57. The van der Waals surface area contributed by atoms with Crippen molar-refractivity contribution in [2.75, 3.05) is 13.7 Å².